The molecule has 156 valence electrons. The van der Waals surface area contributed by atoms with E-state index < -0.39 is 0 Å². The van der Waals surface area contributed by atoms with Crippen LogP contribution in [0.2, 0.25) is 0 Å². The molecule has 2 aromatic heterocycles. The van der Waals surface area contributed by atoms with Gasteiger partial charge in [0.05, 0.1) is 11.7 Å². The normalized spacial score (nSPS) is 16.6. The van der Waals surface area contributed by atoms with Crippen molar-refractivity contribution in [2.75, 3.05) is 25.0 Å². The van der Waals surface area contributed by atoms with E-state index in [0.29, 0.717) is 37.3 Å². The summed E-state index contributed by atoms with van der Waals surface area (Å²) in [4.78, 5) is 18.6. The molecule has 0 saturated heterocycles. The van der Waals surface area contributed by atoms with Crippen molar-refractivity contribution in [3.8, 4) is 0 Å². The molecule has 0 atom stereocenters. The average Bonchev–Trinajstić information content (AvgIpc) is 3.36. The summed E-state index contributed by atoms with van der Waals surface area (Å²) in [6.45, 7) is 3.80. The third-order valence-electron chi connectivity index (χ3n) is 5.77. The first-order valence-corrected chi connectivity index (χ1v) is 10.5. The van der Waals surface area contributed by atoms with Crippen LogP contribution in [0.25, 0.3) is 16.5 Å². The van der Waals surface area contributed by atoms with E-state index >= 15 is 0 Å². The molecule has 1 aromatic carbocycles. The van der Waals surface area contributed by atoms with Crippen molar-refractivity contribution in [1.29, 1.82) is 0 Å². The fourth-order valence-corrected chi connectivity index (χ4v) is 4.03. The number of carbonyl (C=O) groups is 1. The largest absolute Gasteiger partial charge is 0.338 e. The Morgan fingerprint density at radius 2 is 2.20 bits per heavy atom. The Kier molecular flexibility index (Phi) is 4.65. The Morgan fingerprint density at radius 1 is 1.33 bits per heavy atom. The van der Waals surface area contributed by atoms with Gasteiger partial charge in [0.25, 0.3) is 0 Å². The predicted octanol–water partition coefficient (Wildman–Crippen LogP) is 3.13. The second-order valence-corrected chi connectivity index (χ2v) is 7.90. The maximum atomic E-state index is 12.0. The number of hydrogen-bond acceptors (Lipinski definition) is 5. The van der Waals surface area contributed by atoms with E-state index in [1.165, 1.54) is 23.8 Å². The zero-order chi connectivity index (χ0) is 20.7. The number of anilines is 2. The quantitative estimate of drug-likeness (QED) is 0.604. The number of aromatic amines is 1. The van der Waals surface area contributed by atoms with Crippen molar-refractivity contribution in [3.05, 3.63) is 35.8 Å². The first kappa shape index (κ1) is 18.7. The Bertz CT molecular complexity index is 1120. The zero-order valence-corrected chi connectivity index (χ0v) is 17.3. The van der Waals surface area contributed by atoms with E-state index in [2.05, 4.69) is 32.0 Å². The maximum Gasteiger partial charge on any atom is 0.317 e. The van der Waals surface area contributed by atoms with Gasteiger partial charge in [-0.25, -0.2) is 9.48 Å². The molecular weight excluding hydrogens is 380 g/mol. The van der Waals surface area contributed by atoms with Gasteiger partial charge in [0.2, 0.25) is 5.95 Å². The number of carbonyl (C=O) groups excluding carboxylic acids is 1. The lowest BCUT2D eigenvalue weighted by Gasteiger charge is -2.25. The Morgan fingerprint density at radius 3 is 2.93 bits per heavy atom. The van der Waals surface area contributed by atoms with Crippen LogP contribution in [0.1, 0.15) is 43.5 Å². The number of nitrogens with zero attached hydrogens (tertiary/aromatic N) is 5. The van der Waals surface area contributed by atoms with Crippen LogP contribution >= 0.6 is 0 Å². The molecule has 1 fully saturated rings. The fraction of sp³-hybridized carbons (Fsp3) is 0.429. The van der Waals surface area contributed by atoms with Crippen molar-refractivity contribution in [3.63, 3.8) is 0 Å². The van der Waals surface area contributed by atoms with E-state index in [1.54, 1.807) is 9.58 Å². The van der Waals surface area contributed by atoms with Gasteiger partial charge >= 0.3 is 6.03 Å². The van der Waals surface area contributed by atoms with Crippen molar-refractivity contribution >= 4 is 34.1 Å². The lowest BCUT2D eigenvalue weighted by molar-refractivity contribution is 0.203. The minimum atomic E-state index is -0.0219. The Hall–Kier alpha value is -3.36. The maximum absolute atomic E-state index is 12.0. The van der Waals surface area contributed by atoms with Crippen LogP contribution in [0.5, 0.6) is 0 Å². The van der Waals surface area contributed by atoms with E-state index in [1.807, 2.05) is 32.3 Å². The minimum Gasteiger partial charge on any atom is -0.338 e. The molecule has 3 N–H and O–H groups in total. The molecule has 2 aliphatic rings. The summed E-state index contributed by atoms with van der Waals surface area (Å²) in [5.74, 6) is 2.00. The fourth-order valence-electron chi connectivity index (χ4n) is 4.03. The van der Waals surface area contributed by atoms with Crippen LogP contribution < -0.4 is 10.6 Å². The second kappa shape index (κ2) is 7.47. The number of fused-ring (bicyclic) bond motifs is 1. The van der Waals surface area contributed by atoms with Gasteiger partial charge in [-0.2, -0.15) is 10.1 Å². The zero-order valence-electron chi connectivity index (χ0n) is 17.3. The number of rotatable bonds is 5. The van der Waals surface area contributed by atoms with Crippen molar-refractivity contribution < 1.29 is 4.79 Å². The topological polar surface area (TPSA) is 104 Å². The highest BCUT2D eigenvalue weighted by atomic mass is 16.2. The van der Waals surface area contributed by atoms with E-state index in [0.717, 1.165) is 23.2 Å². The van der Waals surface area contributed by atoms with Crippen molar-refractivity contribution in [2.24, 2.45) is 7.05 Å². The third-order valence-corrected chi connectivity index (χ3v) is 5.77. The molecule has 0 unspecified atom stereocenters. The third kappa shape index (κ3) is 3.40. The number of nitrogens with one attached hydrogen (secondary N) is 3. The van der Waals surface area contributed by atoms with Crippen LogP contribution in [0.3, 0.4) is 0 Å². The van der Waals surface area contributed by atoms with Crippen LogP contribution in [0.15, 0.2) is 24.4 Å². The summed E-state index contributed by atoms with van der Waals surface area (Å²) in [6.07, 6.45) is 7.11. The average molecular weight is 406 g/mol. The molecule has 0 radical (unpaired) electrons. The molecule has 3 heterocycles. The summed E-state index contributed by atoms with van der Waals surface area (Å²) < 4.78 is 1.78. The molecule has 2 amide bonds. The molecule has 1 aliphatic carbocycles. The molecule has 1 saturated carbocycles. The lowest BCUT2D eigenvalue weighted by Crippen LogP contribution is -2.42. The number of amides is 2. The molecule has 0 spiro atoms. The highest BCUT2D eigenvalue weighted by molar-refractivity contribution is 5.89. The van der Waals surface area contributed by atoms with Crippen LogP contribution in [0.4, 0.5) is 16.4 Å². The predicted molar refractivity (Wildman–Crippen MR) is 116 cm³/mol. The molecule has 5 rings (SSSR count). The minimum absolute atomic E-state index is 0.0219. The standard InChI is InChI=1S/C21H26N8O/c1-3-22-21(30)29-10-8-14(9-11-29)19-25-20(28(2)27-19)24-17-7-6-16-15(12-23-26-16)18(17)13-4-5-13/h6-8,12-13H,3-5,9-11H2,1-2H3,(H,22,30)(H,23,26)(H,24,25,27). The number of aryl methyl sites for hydroxylation is 1. The van der Waals surface area contributed by atoms with Gasteiger partial charge in [-0.05, 0) is 55.4 Å². The monoisotopic (exact) mass is 406 g/mol. The van der Waals surface area contributed by atoms with Gasteiger partial charge in [-0.15, -0.1) is 5.10 Å². The SMILES string of the molecule is CCNC(=O)N1CC=C(c2nc(Nc3ccc4[nH]ncc4c3C3CC3)n(C)n2)CC1. The summed E-state index contributed by atoms with van der Waals surface area (Å²) >= 11 is 0. The smallest absolute Gasteiger partial charge is 0.317 e. The highest BCUT2D eigenvalue weighted by Crippen LogP contribution is 2.47. The highest BCUT2D eigenvalue weighted by Gasteiger charge is 2.29. The van der Waals surface area contributed by atoms with E-state index in [-0.39, 0.29) is 6.03 Å². The lowest BCUT2D eigenvalue weighted by atomic mass is 10.0. The van der Waals surface area contributed by atoms with Gasteiger partial charge in [-0.3, -0.25) is 5.10 Å². The van der Waals surface area contributed by atoms with Crippen LogP contribution in [-0.4, -0.2) is 55.5 Å². The Balaban J connectivity index is 1.38. The molecule has 9 nitrogen and oxygen atoms in total. The first-order chi connectivity index (χ1) is 14.6. The van der Waals surface area contributed by atoms with E-state index in [9.17, 15) is 4.79 Å². The molecular formula is C21H26N8O. The van der Waals surface area contributed by atoms with Gasteiger partial charge in [0, 0.05) is 37.8 Å². The first-order valence-electron chi connectivity index (χ1n) is 10.5. The summed E-state index contributed by atoms with van der Waals surface area (Å²) in [6, 6.07) is 4.12. The summed E-state index contributed by atoms with van der Waals surface area (Å²) in [5, 5.41) is 19.4. The van der Waals surface area contributed by atoms with Crippen LogP contribution in [-0.2, 0) is 7.05 Å². The van der Waals surface area contributed by atoms with Gasteiger partial charge in [0.1, 0.15) is 0 Å². The molecule has 30 heavy (non-hydrogen) atoms. The number of H-pyrrole nitrogens is 1. The van der Waals surface area contributed by atoms with Crippen molar-refractivity contribution in [2.45, 2.75) is 32.1 Å². The second-order valence-electron chi connectivity index (χ2n) is 7.90. The van der Waals surface area contributed by atoms with E-state index in [4.69, 9.17) is 4.98 Å². The number of hydrogen-bond donors (Lipinski definition) is 3. The van der Waals surface area contributed by atoms with Crippen LogP contribution in [0, 0.1) is 0 Å². The number of benzene rings is 1. The number of aromatic nitrogens is 5. The van der Waals surface area contributed by atoms with Gasteiger partial charge in [-0.1, -0.05) is 6.08 Å². The summed E-state index contributed by atoms with van der Waals surface area (Å²) in [5.41, 5.74) is 4.51. The van der Waals surface area contributed by atoms with Gasteiger partial charge < -0.3 is 15.5 Å². The molecule has 1 aliphatic heterocycles. The van der Waals surface area contributed by atoms with Crippen molar-refractivity contribution in [1.82, 2.24) is 35.2 Å². The summed E-state index contributed by atoms with van der Waals surface area (Å²) in [7, 11) is 1.90. The molecule has 9 heteroatoms. The number of urea groups is 1. The van der Waals surface area contributed by atoms with Gasteiger partial charge in [0.15, 0.2) is 5.82 Å². The molecule has 0 bridgehead atoms. The Labute approximate surface area is 174 Å². The molecule has 3 aromatic rings.